The van der Waals surface area contributed by atoms with E-state index in [1.807, 2.05) is 0 Å². The van der Waals surface area contributed by atoms with Crippen molar-refractivity contribution in [2.75, 3.05) is 20.6 Å². The van der Waals surface area contributed by atoms with Crippen LogP contribution >= 0.6 is 0 Å². The van der Waals surface area contributed by atoms with Crippen LogP contribution in [0.4, 0.5) is 0 Å². The zero-order chi connectivity index (χ0) is 11.3. The molecule has 0 radical (unpaired) electrons. The normalized spacial score (nSPS) is 13.9. The van der Waals surface area contributed by atoms with E-state index in [0.717, 1.165) is 4.48 Å². The van der Waals surface area contributed by atoms with Gasteiger partial charge in [0.1, 0.15) is 6.04 Å². The minimum atomic E-state index is 0.631. The van der Waals surface area contributed by atoms with Gasteiger partial charge in [-0.25, -0.2) is 0 Å². The van der Waals surface area contributed by atoms with E-state index < -0.39 is 0 Å². The third-order valence-electron chi connectivity index (χ3n) is 3.21. The van der Waals surface area contributed by atoms with Gasteiger partial charge in [-0.05, 0) is 6.42 Å². The minimum absolute atomic E-state index is 0.631. The Morgan fingerprint density at radius 3 is 2.13 bits per heavy atom. The molecule has 0 spiro atoms. The molecule has 1 rings (SSSR count). The molecular formula is C14H24N+. The fourth-order valence-corrected chi connectivity index (χ4v) is 2.54. The average molecular weight is 206 g/mol. The fraction of sp³-hybridized carbons (Fsp3) is 0.571. The highest BCUT2D eigenvalue weighted by Gasteiger charge is 2.26. The van der Waals surface area contributed by atoms with Gasteiger partial charge in [0.2, 0.25) is 0 Å². The molecule has 1 aromatic rings. The number of nitrogens with zero attached hydrogens (tertiary/aromatic N) is 1. The first kappa shape index (κ1) is 12.3. The number of benzene rings is 1. The van der Waals surface area contributed by atoms with Gasteiger partial charge in [0.25, 0.3) is 0 Å². The Labute approximate surface area is 94.3 Å². The van der Waals surface area contributed by atoms with E-state index in [1.54, 1.807) is 0 Å². The summed E-state index contributed by atoms with van der Waals surface area (Å²) in [6, 6.07) is 11.5. The summed E-state index contributed by atoms with van der Waals surface area (Å²) in [7, 11) is 4.68. The quantitative estimate of drug-likeness (QED) is 0.645. The molecule has 1 nitrogen and oxygen atoms in total. The molecule has 0 aliphatic carbocycles. The lowest BCUT2D eigenvalue weighted by Crippen LogP contribution is -2.43. The van der Waals surface area contributed by atoms with E-state index in [9.17, 15) is 0 Å². The van der Waals surface area contributed by atoms with Crippen LogP contribution in [0.3, 0.4) is 0 Å². The van der Waals surface area contributed by atoms with Crippen molar-refractivity contribution in [3.63, 3.8) is 0 Å². The van der Waals surface area contributed by atoms with Crippen molar-refractivity contribution in [3.05, 3.63) is 35.9 Å². The molecule has 0 aromatic heterocycles. The van der Waals surface area contributed by atoms with Gasteiger partial charge in [0, 0.05) is 12.0 Å². The Hall–Kier alpha value is -0.820. The highest BCUT2D eigenvalue weighted by molar-refractivity contribution is 5.17. The van der Waals surface area contributed by atoms with Crippen molar-refractivity contribution in [2.45, 2.75) is 32.7 Å². The summed E-state index contributed by atoms with van der Waals surface area (Å²) in [6.45, 7) is 5.79. The molecule has 0 amide bonds. The molecule has 84 valence electrons. The largest absolute Gasteiger partial charge is 0.322 e. The smallest absolute Gasteiger partial charge is 0.114 e. The SMILES string of the molecule is CCC[N+](C)(C)C(CC)c1ccccc1. The van der Waals surface area contributed by atoms with Crippen LogP contribution in [0.5, 0.6) is 0 Å². The van der Waals surface area contributed by atoms with Gasteiger partial charge in [-0.15, -0.1) is 0 Å². The molecule has 1 aromatic carbocycles. The van der Waals surface area contributed by atoms with Gasteiger partial charge >= 0.3 is 0 Å². The van der Waals surface area contributed by atoms with Crippen LogP contribution in [-0.2, 0) is 0 Å². The zero-order valence-electron chi connectivity index (χ0n) is 10.5. The Morgan fingerprint density at radius 1 is 1.07 bits per heavy atom. The summed E-state index contributed by atoms with van der Waals surface area (Å²) in [4.78, 5) is 0. The summed E-state index contributed by atoms with van der Waals surface area (Å²) in [5.74, 6) is 0. The van der Waals surface area contributed by atoms with Crippen molar-refractivity contribution in [1.82, 2.24) is 0 Å². The van der Waals surface area contributed by atoms with Crippen molar-refractivity contribution >= 4 is 0 Å². The van der Waals surface area contributed by atoms with Crippen LogP contribution in [0.2, 0.25) is 0 Å². The molecular weight excluding hydrogens is 182 g/mol. The number of rotatable bonds is 5. The van der Waals surface area contributed by atoms with Gasteiger partial charge in [0.05, 0.1) is 20.6 Å². The van der Waals surface area contributed by atoms with Crippen LogP contribution in [0.25, 0.3) is 0 Å². The van der Waals surface area contributed by atoms with E-state index in [2.05, 4.69) is 58.3 Å². The Morgan fingerprint density at radius 2 is 1.67 bits per heavy atom. The van der Waals surface area contributed by atoms with Crippen LogP contribution in [0.15, 0.2) is 30.3 Å². The first-order valence-corrected chi connectivity index (χ1v) is 5.99. The molecule has 0 N–H and O–H groups in total. The van der Waals surface area contributed by atoms with E-state index in [4.69, 9.17) is 0 Å². The standard InChI is InChI=1S/C14H24N/c1-5-12-15(3,4)14(6-2)13-10-8-7-9-11-13/h7-11,14H,5-6,12H2,1-4H3/q+1. The fourth-order valence-electron chi connectivity index (χ4n) is 2.54. The van der Waals surface area contributed by atoms with Crippen molar-refractivity contribution in [3.8, 4) is 0 Å². The molecule has 0 saturated heterocycles. The van der Waals surface area contributed by atoms with Gasteiger partial charge in [-0.3, -0.25) is 0 Å². The number of hydrogen-bond donors (Lipinski definition) is 0. The van der Waals surface area contributed by atoms with Crippen LogP contribution in [-0.4, -0.2) is 25.1 Å². The molecule has 15 heavy (non-hydrogen) atoms. The lowest BCUT2D eigenvalue weighted by Gasteiger charge is -2.38. The average Bonchev–Trinajstić information content (AvgIpc) is 2.19. The molecule has 0 aliphatic heterocycles. The van der Waals surface area contributed by atoms with E-state index in [1.165, 1.54) is 24.9 Å². The maximum Gasteiger partial charge on any atom is 0.114 e. The Kier molecular flexibility index (Phi) is 4.34. The molecule has 1 unspecified atom stereocenters. The Bertz CT molecular complexity index is 277. The first-order chi connectivity index (χ1) is 7.11. The van der Waals surface area contributed by atoms with Crippen LogP contribution in [0, 0.1) is 0 Å². The second kappa shape index (κ2) is 5.32. The summed E-state index contributed by atoms with van der Waals surface area (Å²) in [5.41, 5.74) is 1.47. The second-order valence-electron chi connectivity index (χ2n) is 4.84. The van der Waals surface area contributed by atoms with Gasteiger partial charge in [-0.1, -0.05) is 44.2 Å². The molecule has 0 saturated carbocycles. The van der Waals surface area contributed by atoms with Gasteiger partial charge in [0.15, 0.2) is 0 Å². The van der Waals surface area contributed by atoms with Crippen molar-refractivity contribution in [1.29, 1.82) is 0 Å². The van der Waals surface area contributed by atoms with Crippen molar-refractivity contribution < 1.29 is 4.48 Å². The predicted octanol–water partition coefficient (Wildman–Crippen LogP) is 3.62. The second-order valence-corrected chi connectivity index (χ2v) is 4.84. The summed E-state index contributed by atoms with van der Waals surface area (Å²) in [6.07, 6.45) is 2.45. The summed E-state index contributed by atoms with van der Waals surface area (Å²) in [5, 5.41) is 0. The van der Waals surface area contributed by atoms with Crippen LogP contribution in [0.1, 0.15) is 38.3 Å². The van der Waals surface area contributed by atoms with E-state index in [0.29, 0.717) is 6.04 Å². The van der Waals surface area contributed by atoms with E-state index in [-0.39, 0.29) is 0 Å². The highest BCUT2D eigenvalue weighted by atomic mass is 15.3. The molecule has 0 aliphatic rings. The minimum Gasteiger partial charge on any atom is -0.322 e. The molecule has 1 atom stereocenters. The number of quaternary nitrogens is 1. The maximum absolute atomic E-state index is 2.34. The Balaban J connectivity index is 2.89. The van der Waals surface area contributed by atoms with Gasteiger partial charge in [-0.2, -0.15) is 0 Å². The monoisotopic (exact) mass is 206 g/mol. The predicted molar refractivity (Wildman–Crippen MR) is 66.7 cm³/mol. The van der Waals surface area contributed by atoms with Crippen LogP contribution < -0.4 is 0 Å². The molecule has 0 heterocycles. The maximum atomic E-state index is 2.34. The van der Waals surface area contributed by atoms with Gasteiger partial charge < -0.3 is 4.48 Å². The summed E-state index contributed by atoms with van der Waals surface area (Å²) >= 11 is 0. The first-order valence-electron chi connectivity index (χ1n) is 5.99. The van der Waals surface area contributed by atoms with E-state index >= 15 is 0 Å². The van der Waals surface area contributed by atoms with Crippen molar-refractivity contribution in [2.24, 2.45) is 0 Å². The topological polar surface area (TPSA) is 0 Å². The third-order valence-corrected chi connectivity index (χ3v) is 3.21. The molecule has 0 bridgehead atoms. The molecule has 0 fully saturated rings. The lowest BCUT2D eigenvalue weighted by atomic mass is 10.0. The molecule has 1 heteroatoms. The lowest BCUT2D eigenvalue weighted by molar-refractivity contribution is -0.921. The summed E-state index contributed by atoms with van der Waals surface area (Å²) < 4.78 is 1.09. The third kappa shape index (κ3) is 3.07. The zero-order valence-corrected chi connectivity index (χ0v) is 10.5. The number of hydrogen-bond acceptors (Lipinski definition) is 0. The highest BCUT2D eigenvalue weighted by Crippen LogP contribution is 2.28.